The highest BCUT2D eigenvalue weighted by molar-refractivity contribution is 7.21. The van der Waals surface area contributed by atoms with Gasteiger partial charge in [0.1, 0.15) is 52.6 Å². The second-order valence-corrected chi connectivity index (χ2v) is 12.5. The number of benzene rings is 6. The average molecular weight is 887 g/mol. The number of quaternary nitrogens is 1. The molecule has 0 aliphatic heterocycles. The summed E-state index contributed by atoms with van der Waals surface area (Å²) >= 11 is 0. The zero-order chi connectivity index (χ0) is 45.4. The molecule has 0 aliphatic carbocycles. The summed E-state index contributed by atoms with van der Waals surface area (Å²) in [5.41, 5.74) is -13.3. The van der Waals surface area contributed by atoms with Crippen molar-refractivity contribution in [2.45, 2.75) is 0 Å². The quantitative estimate of drug-likeness (QED) is 0.0783. The van der Waals surface area contributed by atoms with Crippen molar-refractivity contribution < 1.29 is 101 Å². The topological polar surface area (TPSA) is 4.44 Å². The van der Waals surface area contributed by atoms with E-state index >= 15 is 39.5 Å². The molecule has 0 spiro atoms. The van der Waals surface area contributed by atoms with Gasteiger partial charge in [-0.3, -0.25) is 0 Å². The first-order valence-corrected chi connectivity index (χ1v) is 15.7. The van der Waals surface area contributed by atoms with Gasteiger partial charge < -0.3 is 4.90 Å². The summed E-state index contributed by atoms with van der Waals surface area (Å²) in [7, 11) is 4.24. The zero-order valence-electron chi connectivity index (χ0n) is 28.8. The normalized spacial score (nSPS) is 11.8. The van der Waals surface area contributed by atoms with Crippen LogP contribution in [0.2, 0.25) is 0 Å². The highest BCUT2D eigenvalue weighted by Crippen LogP contribution is 2.35. The zero-order valence-corrected chi connectivity index (χ0v) is 28.8. The maximum Gasteiger partial charge on any atom is 0.200 e. The maximum atomic E-state index is 16.1. The van der Waals surface area contributed by atoms with Crippen LogP contribution in [-0.4, -0.2) is 20.2 Å². The van der Waals surface area contributed by atoms with E-state index in [0.717, 1.165) is 0 Å². The Balaban J connectivity index is 0.000000671. The van der Waals surface area contributed by atoms with Crippen LogP contribution in [0.15, 0.2) is 30.3 Å². The molecular weight excluding hydrogens is 875 g/mol. The Morgan fingerprint density at radius 3 is 0.750 bits per heavy atom. The predicted octanol–water partition coefficient (Wildman–Crippen LogP) is 7.74. The molecule has 0 bridgehead atoms. The Morgan fingerprint density at radius 1 is 0.267 bits per heavy atom. The summed E-state index contributed by atoms with van der Waals surface area (Å²) < 4.78 is 331. The van der Waals surface area contributed by atoms with Gasteiger partial charge in [-0.05, 0) is 17.5 Å². The molecule has 0 fully saturated rings. The lowest BCUT2D eigenvalue weighted by molar-refractivity contribution is -0.786. The van der Waals surface area contributed by atoms with Crippen LogP contribution in [0.3, 0.4) is 0 Å². The van der Waals surface area contributed by atoms with Crippen LogP contribution in [0.5, 0.6) is 0 Å². The van der Waals surface area contributed by atoms with Crippen LogP contribution >= 0.6 is 0 Å². The highest BCUT2D eigenvalue weighted by Gasteiger charge is 2.52. The minimum atomic E-state index is -7.42. The third-order valence-corrected chi connectivity index (χ3v) is 9.19. The van der Waals surface area contributed by atoms with Gasteiger partial charge in [0.05, 0.1) is 19.5 Å². The van der Waals surface area contributed by atoms with Crippen molar-refractivity contribution in [3.63, 3.8) is 0 Å². The lowest BCUT2D eigenvalue weighted by atomic mass is 9.12. The third-order valence-electron chi connectivity index (χ3n) is 9.19. The number of fused-ring (bicyclic) bond motifs is 1. The summed E-state index contributed by atoms with van der Waals surface area (Å²) in [4.78, 5) is 1.37. The molecule has 0 saturated carbocycles. The SMILES string of the molecule is C[NH+](C)c1ccccc1.Fc1c(F)c(F)c([B-](c2c(F)c(F)c(F)c(F)c2F)(c2c(F)c(F)c(F)c(F)c2F)c2c(F)c(F)c(F)c3c(F)c(F)c(F)c(F)c23)c(F)c1F. The van der Waals surface area contributed by atoms with E-state index in [-0.39, 0.29) is 0 Å². The molecule has 24 heteroatoms. The van der Waals surface area contributed by atoms with Gasteiger partial charge in [-0.25, -0.2) is 96.6 Å². The third kappa shape index (κ3) is 6.36. The minimum absolute atomic E-state index is 1.33. The van der Waals surface area contributed by atoms with Crippen molar-refractivity contribution in [1.29, 1.82) is 0 Å². The molecular formula is C36H12BF22N. The van der Waals surface area contributed by atoms with Crippen LogP contribution in [0, 0.1) is 128 Å². The average Bonchev–Trinajstić information content (AvgIpc) is 3.22. The van der Waals surface area contributed by atoms with Gasteiger partial charge in [-0.1, -0.05) is 18.2 Å². The number of hydrogen-bond acceptors (Lipinski definition) is 0. The van der Waals surface area contributed by atoms with E-state index in [1.165, 1.54) is 10.6 Å². The fraction of sp³-hybridized carbons (Fsp3) is 0.0556. The van der Waals surface area contributed by atoms with E-state index in [9.17, 15) is 57.1 Å². The molecule has 6 aromatic carbocycles. The molecule has 0 unspecified atom stereocenters. The summed E-state index contributed by atoms with van der Waals surface area (Å²) in [6, 6.07) is 10.4. The number of rotatable bonds is 5. The molecule has 0 radical (unpaired) electrons. The van der Waals surface area contributed by atoms with Crippen molar-refractivity contribution in [1.82, 2.24) is 0 Å². The number of nitrogens with one attached hydrogen (secondary N) is 1. The molecule has 0 amide bonds. The van der Waals surface area contributed by atoms with Crippen molar-refractivity contribution in [3.05, 3.63) is 158 Å². The lowest BCUT2D eigenvalue weighted by Gasteiger charge is -2.45. The molecule has 0 saturated heterocycles. The number of hydrogen-bond donors (Lipinski definition) is 1. The summed E-state index contributed by atoms with van der Waals surface area (Å²) in [5.74, 6) is -79.2. The number of halogens is 22. The fourth-order valence-corrected chi connectivity index (χ4v) is 6.58. The Bertz CT molecular complexity index is 2510. The van der Waals surface area contributed by atoms with Gasteiger partial charge in [-0.15, -0.1) is 21.9 Å². The second kappa shape index (κ2) is 15.9. The molecule has 6 aromatic rings. The Kier molecular flexibility index (Phi) is 12.0. The summed E-state index contributed by atoms with van der Waals surface area (Å²) in [6.45, 7) is 0. The first-order valence-electron chi connectivity index (χ1n) is 15.7. The maximum absolute atomic E-state index is 16.1. The van der Waals surface area contributed by atoms with Gasteiger partial charge in [0, 0.05) is 0 Å². The Morgan fingerprint density at radius 2 is 0.483 bits per heavy atom. The van der Waals surface area contributed by atoms with Gasteiger partial charge >= 0.3 is 0 Å². The predicted molar refractivity (Wildman–Crippen MR) is 166 cm³/mol. The van der Waals surface area contributed by atoms with Gasteiger partial charge in [0.25, 0.3) is 0 Å². The van der Waals surface area contributed by atoms with E-state index in [2.05, 4.69) is 38.4 Å². The summed E-state index contributed by atoms with van der Waals surface area (Å²) in [6.07, 6.45) is -7.42. The van der Waals surface area contributed by atoms with Crippen LogP contribution in [0.1, 0.15) is 0 Å². The van der Waals surface area contributed by atoms with E-state index in [4.69, 9.17) is 0 Å². The van der Waals surface area contributed by atoms with Crippen LogP contribution in [-0.2, 0) is 0 Å². The van der Waals surface area contributed by atoms with Crippen molar-refractivity contribution >= 4 is 44.5 Å². The summed E-state index contributed by atoms with van der Waals surface area (Å²) in [5, 5.41) is -6.18. The van der Waals surface area contributed by atoms with Gasteiger partial charge in [0.2, 0.25) is 0 Å². The van der Waals surface area contributed by atoms with Crippen LogP contribution < -0.4 is 26.8 Å². The van der Waals surface area contributed by atoms with E-state index in [1.807, 2.05) is 6.07 Å². The fourth-order valence-electron chi connectivity index (χ4n) is 6.58. The molecule has 0 atom stereocenters. The van der Waals surface area contributed by atoms with E-state index < -0.39 is 167 Å². The monoisotopic (exact) mass is 887 g/mol. The second-order valence-electron chi connectivity index (χ2n) is 12.5. The Labute approximate surface area is 318 Å². The molecule has 0 aliphatic rings. The highest BCUT2D eigenvalue weighted by atomic mass is 19.2. The van der Waals surface area contributed by atoms with E-state index in [0.29, 0.717) is 0 Å². The first-order chi connectivity index (χ1) is 27.8. The largest absolute Gasteiger partial charge is 0.307 e. The van der Waals surface area contributed by atoms with Gasteiger partial charge in [0.15, 0.2) is 87.3 Å². The standard InChI is InChI=1S/C28BF22.C8H11N/c30-7-1-2(9(32)19(42)18(7)41)8(31)17(40)10(33)3(1)29(4-11(34)20(43)26(49)21(44)12(4)35,5-13(36)22(45)27(50)23(46)14(5)37)6-15(38)24(47)28(51)25(48)16(6)39;1-9(2)8-6-4-3-5-7-8/h;3-7H,1-2H3/q-1;/p+1. The lowest BCUT2D eigenvalue weighted by Crippen LogP contribution is -3.00. The molecule has 0 heterocycles. The van der Waals surface area contributed by atoms with Crippen molar-refractivity contribution in [2.24, 2.45) is 0 Å². The van der Waals surface area contributed by atoms with Crippen LogP contribution in [0.4, 0.5) is 102 Å². The van der Waals surface area contributed by atoms with Crippen molar-refractivity contribution in [3.8, 4) is 0 Å². The minimum Gasteiger partial charge on any atom is -0.307 e. The first kappa shape index (κ1) is 45.2. The molecule has 0 aromatic heterocycles. The van der Waals surface area contributed by atoms with Gasteiger partial charge in [-0.2, -0.15) is 0 Å². The number of para-hydroxylation sites is 1. The Hall–Kier alpha value is -5.94. The molecule has 60 heavy (non-hydrogen) atoms. The molecule has 6 rings (SSSR count). The van der Waals surface area contributed by atoms with E-state index in [1.54, 1.807) is 0 Å². The van der Waals surface area contributed by atoms with Crippen molar-refractivity contribution in [2.75, 3.05) is 14.1 Å². The molecule has 1 N–H and O–H groups in total. The molecule has 318 valence electrons. The van der Waals surface area contributed by atoms with Crippen LogP contribution in [0.25, 0.3) is 10.8 Å². The smallest absolute Gasteiger partial charge is 0.200 e. The molecule has 1 nitrogen and oxygen atoms in total.